The number of carbonyl (C=O) groups excluding carboxylic acids is 1. The van der Waals surface area contributed by atoms with E-state index < -0.39 is 0 Å². The van der Waals surface area contributed by atoms with Crippen LogP contribution >= 0.6 is 11.6 Å². The summed E-state index contributed by atoms with van der Waals surface area (Å²) in [6.45, 7) is 12.6. The molecule has 4 rings (SSSR count). The van der Waals surface area contributed by atoms with Crippen LogP contribution in [0.4, 0.5) is 11.4 Å². The Kier molecular flexibility index (Phi) is 7.26. The van der Waals surface area contributed by atoms with Gasteiger partial charge in [-0.25, -0.2) is 0 Å². The van der Waals surface area contributed by atoms with Crippen molar-refractivity contribution >= 4 is 39.9 Å². The van der Waals surface area contributed by atoms with Gasteiger partial charge in [0.1, 0.15) is 16.8 Å². The summed E-state index contributed by atoms with van der Waals surface area (Å²) in [6, 6.07) is 15.1. The fraction of sp³-hybridized carbons (Fsp3) is 0.296. The van der Waals surface area contributed by atoms with E-state index in [2.05, 4.69) is 53.3 Å². The first-order chi connectivity index (χ1) is 16.8. The zero-order valence-electron chi connectivity index (χ0n) is 20.7. The van der Waals surface area contributed by atoms with E-state index in [1.54, 1.807) is 23.0 Å². The minimum atomic E-state index is -0.257. The molecule has 0 aliphatic carbocycles. The van der Waals surface area contributed by atoms with Crippen LogP contribution in [0.25, 0.3) is 16.7 Å². The number of benzene rings is 3. The summed E-state index contributed by atoms with van der Waals surface area (Å²) in [6.07, 6.45) is 0. The van der Waals surface area contributed by atoms with E-state index >= 15 is 0 Å². The maximum absolute atomic E-state index is 12.9. The van der Waals surface area contributed by atoms with Crippen molar-refractivity contribution < 1.29 is 9.53 Å². The van der Waals surface area contributed by atoms with Gasteiger partial charge in [0, 0.05) is 30.0 Å². The Hall–Kier alpha value is -3.58. The lowest BCUT2D eigenvalue weighted by Crippen LogP contribution is -2.21. The summed E-state index contributed by atoms with van der Waals surface area (Å²) in [7, 11) is 0. The Labute approximate surface area is 210 Å². The van der Waals surface area contributed by atoms with Crippen LogP contribution in [-0.4, -0.2) is 40.6 Å². The van der Waals surface area contributed by atoms with Crippen molar-refractivity contribution in [3.63, 3.8) is 0 Å². The average Bonchev–Trinajstić information content (AvgIpc) is 3.23. The third-order valence-electron chi connectivity index (χ3n) is 5.99. The average molecular weight is 492 g/mol. The number of nitrogens with zero attached hydrogens (tertiary/aromatic N) is 4. The van der Waals surface area contributed by atoms with Gasteiger partial charge in [-0.05, 0) is 94.3 Å². The standard InChI is InChI=1S/C27H30ClN5O2/c1-6-32(7-2)20-10-11-25(18(5)13-20)33-30-23-14-17(4)22(16-24(23)31-33)29-27(34)19-9-12-26(35-8-3)21(28)15-19/h9-16H,6-8H2,1-5H3,(H,29,34). The molecule has 1 N–H and O–H groups in total. The molecular weight excluding hydrogens is 462 g/mol. The second-order valence-electron chi connectivity index (χ2n) is 8.32. The maximum Gasteiger partial charge on any atom is 0.255 e. The van der Waals surface area contributed by atoms with Crippen LogP contribution in [-0.2, 0) is 0 Å². The Morgan fingerprint density at radius 2 is 1.69 bits per heavy atom. The Balaban J connectivity index is 1.60. The van der Waals surface area contributed by atoms with Crippen LogP contribution in [0.15, 0.2) is 48.5 Å². The van der Waals surface area contributed by atoms with E-state index in [0.717, 1.165) is 35.4 Å². The van der Waals surface area contributed by atoms with E-state index in [1.165, 1.54) is 5.69 Å². The van der Waals surface area contributed by atoms with Gasteiger partial charge >= 0.3 is 0 Å². The van der Waals surface area contributed by atoms with E-state index in [1.807, 2.05) is 32.0 Å². The molecule has 0 bridgehead atoms. The molecule has 182 valence electrons. The van der Waals surface area contributed by atoms with E-state index in [-0.39, 0.29) is 5.91 Å². The molecule has 4 aromatic rings. The monoisotopic (exact) mass is 491 g/mol. The number of carbonyl (C=O) groups is 1. The number of hydrogen-bond acceptors (Lipinski definition) is 5. The summed E-state index contributed by atoms with van der Waals surface area (Å²) in [5, 5.41) is 12.7. The number of rotatable bonds is 8. The fourth-order valence-electron chi connectivity index (χ4n) is 4.07. The molecule has 8 heteroatoms. The molecule has 1 aromatic heterocycles. The molecule has 3 aromatic carbocycles. The predicted octanol–water partition coefficient (Wildman–Crippen LogP) is 6.19. The molecule has 0 aliphatic heterocycles. The lowest BCUT2D eigenvalue weighted by molar-refractivity contribution is 0.102. The van der Waals surface area contributed by atoms with Crippen molar-refractivity contribution in [1.29, 1.82) is 0 Å². The Bertz CT molecular complexity index is 1380. The van der Waals surface area contributed by atoms with Crippen LogP contribution in [0.1, 0.15) is 42.3 Å². The number of amides is 1. The van der Waals surface area contributed by atoms with Crippen molar-refractivity contribution in [3.05, 3.63) is 70.2 Å². The third kappa shape index (κ3) is 5.10. The normalized spacial score (nSPS) is 11.0. The highest BCUT2D eigenvalue weighted by Gasteiger charge is 2.15. The maximum atomic E-state index is 12.9. The minimum absolute atomic E-state index is 0.257. The van der Waals surface area contributed by atoms with Crippen molar-refractivity contribution in [2.75, 3.05) is 29.9 Å². The van der Waals surface area contributed by atoms with Gasteiger partial charge in [0.25, 0.3) is 5.91 Å². The molecule has 0 spiro atoms. The first-order valence-corrected chi connectivity index (χ1v) is 12.2. The van der Waals surface area contributed by atoms with E-state index in [4.69, 9.17) is 16.3 Å². The van der Waals surface area contributed by atoms with Crippen molar-refractivity contribution in [2.24, 2.45) is 0 Å². The van der Waals surface area contributed by atoms with Crippen LogP contribution in [0.2, 0.25) is 5.02 Å². The highest BCUT2D eigenvalue weighted by Crippen LogP contribution is 2.28. The summed E-state index contributed by atoms with van der Waals surface area (Å²) in [4.78, 5) is 16.8. The molecule has 1 heterocycles. The van der Waals surface area contributed by atoms with Gasteiger partial charge in [0.05, 0.1) is 17.3 Å². The van der Waals surface area contributed by atoms with Gasteiger partial charge in [-0.1, -0.05) is 11.6 Å². The molecule has 35 heavy (non-hydrogen) atoms. The first-order valence-electron chi connectivity index (χ1n) is 11.8. The van der Waals surface area contributed by atoms with Crippen LogP contribution in [0.5, 0.6) is 5.75 Å². The number of aryl methyl sites for hydroxylation is 2. The highest BCUT2D eigenvalue weighted by molar-refractivity contribution is 6.32. The molecule has 0 unspecified atom stereocenters. The lowest BCUT2D eigenvalue weighted by atomic mass is 10.1. The molecule has 0 saturated carbocycles. The van der Waals surface area contributed by atoms with Crippen molar-refractivity contribution in [1.82, 2.24) is 15.0 Å². The van der Waals surface area contributed by atoms with E-state index in [9.17, 15) is 4.79 Å². The SMILES string of the molecule is CCOc1ccc(C(=O)Nc2cc3nn(-c4ccc(N(CC)CC)cc4C)nc3cc2C)cc1Cl. The second kappa shape index (κ2) is 10.4. The van der Waals surface area contributed by atoms with Gasteiger partial charge in [-0.3, -0.25) is 4.79 Å². The number of halogens is 1. The van der Waals surface area contributed by atoms with Gasteiger partial charge < -0.3 is 15.0 Å². The third-order valence-corrected chi connectivity index (χ3v) is 6.29. The topological polar surface area (TPSA) is 72.3 Å². The largest absolute Gasteiger partial charge is 0.492 e. The van der Waals surface area contributed by atoms with Crippen LogP contribution in [0, 0.1) is 13.8 Å². The molecular formula is C27H30ClN5O2. The van der Waals surface area contributed by atoms with Crippen molar-refractivity contribution in [2.45, 2.75) is 34.6 Å². The van der Waals surface area contributed by atoms with Gasteiger partial charge in [-0.15, -0.1) is 10.2 Å². The Morgan fingerprint density at radius 1 is 0.971 bits per heavy atom. The molecule has 7 nitrogen and oxygen atoms in total. The predicted molar refractivity (Wildman–Crippen MR) is 142 cm³/mol. The summed E-state index contributed by atoms with van der Waals surface area (Å²) in [5.74, 6) is 0.299. The zero-order valence-corrected chi connectivity index (χ0v) is 21.5. The number of nitrogens with one attached hydrogen (secondary N) is 1. The summed E-state index contributed by atoms with van der Waals surface area (Å²) >= 11 is 6.25. The van der Waals surface area contributed by atoms with Crippen LogP contribution in [0.3, 0.4) is 0 Å². The number of hydrogen-bond donors (Lipinski definition) is 1. The fourth-order valence-corrected chi connectivity index (χ4v) is 4.30. The molecule has 0 aliphatic rings. The molecule has 0 fully saturated rings. The van der Waals surface area contributed by atoms with Gasteiger partial charge in [0.2, 0.25) is 0 Å². The number of aromatic nitrogens is 3. The van der Waals surface area contributed by atoms with Crippen LogP contribution < -0.4 is 15.0 Å². The number of anilines is 2. The number of ether oxygens (including phenoxy) is 1. The molecule has 0 radical (unpaired) electrons. The smallest absolute Gasteiger partial charge is 0.255 e. The van der Waals surface area contributed by atoms with E-state index in [0.29, 0.717) is 34.1 Å². The lowest BCUT2D eigenvalue weighted by Gasteiger charge is -2.22. The highest BCUT2D eigenvalue weighted by atomic mass is 35.5. The molecule has 1 amide bonds. The van der Waals surface area contributed by atoms with Crippen molar-refractivity contribution in [3.8, 4) is 11.4 Å². The molecule has 0 saturated heterocycles. The summed E-state index contributed by atoms with van der Waals surface area (Å²) < 4.78 is 5.45. The van der Waals surface area contributed by atoms with Gasteiger partial charge in [0.15, 0.2) is 0 Å². The summed E-state index contributed by atoms with van der Waals surface area (Å²) in [5.41, 5.74) is 6.67. The Morgan fingerprint density at radius 3 is 2.31 bits per heavy atom. The molecule has 0 atom stereocenters. The second-order valence-corrected chi connectivity index (χ2v) is 8.73. The van der Waals surface area contributed by atoms with Gasteiger partial charge in [-0.2, -0.15) is 4.80 Å². The quantitative estimate of drug-likeness (QED) is 0.318. The first kappa shape index (κ1) is 24.5. The zero-order chi connectivity index (χ0) is 25.1. The minimum Gasteiger partial charge on any atom is -0.492 e. The number of fused-ring (bicyclic) bond motifs is 1.